The van der Waals surface area contributed by atoms with Gasteiger partial charge >= 0.3 is 0 Å². The van der Waals surface area contributed by atoms with Gasteiger partial charge in [-0.15, -0.1) is 0 Å². The van der Waals surface area contributed by atoms with Crippen molar-refractivity contribution in [1.29, 1.82) is 0 Å². The van der Waals surface area contributed by atoms with E-state index in [4.69, 9.17) is 4.42 Å². The van der Waals surface area contributed by atoms with E-state index in [-0.39, 0.29) is 11.3 Å². The fourth-order valence-corrected chi connectivity index (χ4v) is 1.95. The molecule has 0 aliphatic rings. The Bertz CT molecular complexity index is 739. The lowest BCUT2D eigenvalue weighted by molar-refractivity contribution is 0.187. The van der Waals surface area contributed by atoms with Crippen molar-refractivity contribution >= 4 is 11.0 Å². The van der Waals surface area contributed by atoms with Gasteiger partial charge in [0.15, 0.2) is 17.5 Å². The van der Waals surface area contributed by atoms with E-state index in [2.05, 4.69) is 9.97 Å². The van der Waals surface area contributed by atoms with E-state index in [1.54, 1.807) is 37.4 Å². The van der Waals surface area contributed by atoms with Crippen LogP contribution in [-0.4, -0.2) is 15.1 Å². The molecule has 0 fully saturated rings. The third-order valence-electron chi connectivity index (χ3n) is 2.86. The zero-order valence-electron chi connectivity index (χ0n) is 10.2. The molecule has 2 aromatic heterocycles. The standard InChI is InChI=1S/C14H11FN2O2/c1-8-16-6-5-11(17-8)13(18)12-7-9-3-2-4-10(15)14(9)19-12/h2-7,13,18H,1H3. The van der Waals surface area contributed by atoms with Crippen LogP contribution < -0.4 is 0 Å². The van der Waals surface area contributed by atoms with Gasteiger partial charge in [-0.05, 0) is 25.1 Å². The minimum absolute atomic E-state index is 0.141. The van der Waals surface area contributed by atoms with Crippen LogP contribution in [0.15, 0.2) is 40.9 Å². The van der Waals surface area contributed by atoms with Crippen LogP contribution in [0.3, 0.4) is 0 Å². The summed E-state index contributed by atoms with van der Waals surface area (Å²) in [5.74, 6) is 0.367. The zero-order chi connectivity index (χ0) is 13.4. The molecule has 1 atom stereocenters. The number of hydrogen-bond donors (Lipinski definition) is 1. The summed E-state index contributed by atoms with van der Waals surface area (Å²) in [6, 6.07) is 7.85. The van der Waals surface area contributed by atoms with E-state index < -0.39 is 11.9 Å². The van der Waals surface area contributed by atoms with Gasteiger partial charge in [0.1, 0.15) is 11.6 Å². The molecule has 1 unspecified atom stereocenters. The number of rotatable bonds is 2. The van der Waals surface area contributed by atoms with Crippen molar-refractivity contribution in [3.05, 3.63) is 59.6 Å². The van der Waals surface area contributed by atoms with E-state index >= 15 is 0 Å². The predicted octanol–water partition coefficient (Wildman–Crippen LogP) is 2.75. The number of nitrogens with zero attached hydrogens (tertiary/aromatic N) is 2. The number of halogens is 1. The second-order valence-corrected chi connectivity index (χ2v) is 4.24. The second kappa shape index (κ2) is 4.44. The van der Waals surface area contributed by atoms with Crippen LogP contribution in [0.1, 0.15) is 23.4 Å². The van der Waals surface area contributed by atoms with Gasteiger partial charge in [0.25, 0.3) is 0 Å². The summed E-state index contributed by atoms with van der Waals surface area (Å²) in [4.78, 5) is 8.09. The monoisotopic (exact) mass is 258 g/mol. The van der Waals surface area contributed by atoms with Gasteiger partial charge in [0.05, 0.1) is 5.69 Å². The number of furan rings is 1. The third-order valence-corrected chi connectivity index (χ3v) is 2.86. The molecule has 96 valence electrons. The van der Waals surface area contributed by atoms with Crippen LogP contribution >= 0.6 is 0 Å². The van der Waals surface area contributed by atoms with E-state index in [9.17, 15) is 9.50 Å². The first-order chi connectivity index (χ1) is 9.15. The fourth-order valence-electron chi connectivity index (χ4n) is 1.95. The number of hydrogen-bond acceptors (Lipinski definition) is 4. The third kappa shape index (κ3) is 2.08. The number of aryl methyl sites for hydroxylation is 1. The molecule has 0 bridgehead atoms. The Morgan fingerprint density at radius 3 is 2.89 bits per heavy atom. The Morgan fingerprint density at radius 1 is 1.32 bits per heavy atom. The van der Waals surface area contributed by atoms with Crippen LogP contribution in [0, 0.1) is 12.7 Å². The topological polar surface area (TPSA) is 59.2 Å². The van der Waals surface area contributed by atoms with Gasteiger partial charge in [0, 0.05) is 11.6 Å². The summed E-state index contributed by atoms with van der Waals surface area (Å²) in [6.45, 7) is 1.73. The molecule has 0 saturated heterocycles. The maximum absolute atomic E-state index is 13.5. The average molecular weight is 258 g/mol. The predicted molar refractivity (Wildman–Crippen MR) is 67.0 cm³/mol. The van der Waals surface area contributed by atoms with Crippen LogP contribution in [-0.2, 0) is 0 Å². The lowest BCUT2D eigenvalue weighted by Crippen LogP contribution is -2.02. The van der Waals surface area contributed by atoms with Crippen LogP contribution in [0.4, 0.5) is 4.39 Å². The molecule has 1 N–H and O–H groups in total. The van der Waals surface area contributed by atoms with E-state index in [1.165, 1.54) is 6.07 Å². The summed E-state index contributed by atoms with van der Waals surface area (Å²) < 4.78 is 18.9. The highest BCUT2D eigenvalue weighted by Crippen LogP contribution is 2.28. The number of para-hydroxylation sites is 1. The number of aromatic nitrogens is 2. The number of benzene rings is 1. The minimum atomic E-state index is -1.03. The largest absolute Gasteiger partial charge is 0.455 e. The molecule has 3 rings (SSSR count). The Kier molecular flexibility index (Phi) is 2.76. The van der Waals surface area contributed by atoms with E-state index in [0.717, 1.165) is 0 Å². The smallest absolute Gasteiger partial charge is 0.170 e. The molecular formula is C14H11FN2O2. The first kappa shape index (κ1) is 11.8. The molecule has 0 spiro atoms. The van der Waals surface area contributed by atoms with E-state index in [0.29, 0.717) is 16.9 Å². The summed E-state index contributed by atoms with van der Waals surface area (Å²) in [6.07, 6.45) is 0.526. The average Bonchev–Trinajstić information content (AvgIpc) is 2.83. The van der Waals surface area contributed by atoms with Crippen molar-refractivity contribution in [2.24, 2.45) is 0 Å². The first-order valence-electron chi connectivity index (χ1n) is 5.81. The first-order valence-corrected chi connectivity index (χ1v) is 5.81. The number of aliphatic hydroxyl groups excluding tert-OH is 1. The van der Waals surface area contributed by atoms with Crippen molar-refractivity contribution in [1.82, 2.24) is 9.97 Å². The summed E-state index contributed by atoms with van der Waals surface area (Å²) >= 11 is 0. The van der Waals surface area contributed by atoms with Crippen molar-refractivity contribution in [2.45, 2.75) is 13.0 Å². The Hall–Kier alpha value is -2.27. The highest BCUT2D eigenvalue weighted by molar-refractivity contribution is 5.78. The van der Waals surface area contributed by atoms with Gasteiger partial charge in [0.2, 0.25) is 0 Å². The molecule has 2 heterocycles. The van der Waals surface area contributed by atoms with Crippen LogP contribution in [0.2, 0.25) is 0 Å². The summed E-state index contributed by atoms with van der Waals surface area (Å²) in [5.41, 5.74) is 0.564. The van der Waals surface area contributed by atoms with E-state index in [1.807, 2.05) is 0 Å². The van der Waals surface area contributed by atoms with Gasteiger partial charge in [-0.3, -0.25) is 0 Å². The van der Waals surface area contributed by atoms with Crippen LogP contribution in [0.5, 0.6) is 0 Å². The van der Waals surface area contributed by atoms with Crippen molar-refractivity contribution in [2.75, 3.05) is 0 Å². The molecular weight excluding hydrogens is 247 g/mol. The lowest BCUT2D eigenvalue weighted by Gasteiger charge is -2.06. The normalized spacial score (nSPS) is 12.8. The molecule has 1 aromatic carbocycles. The number of fused-ring (bicyclic) bond motifs is 1. The molecule has 0 amide bonds. The zero-order valence-corrected chi connectivity index (χ0v) is 10.2. The lowest BCUT2D eigenvalue weighted by atomic mass is 10.2. The molecule has 0 aliphatic heterocycles. The molecule has 5 heteroatoms. The molecule has 0 saturated carbocycles. The van der Waals surface area contributed by atoms with Gasteiger partial charge in [-0.2, -0.15) is 0 Å². The van der Waals surface area contributed by atoms with Gasteiger partial charge < -0.3 is 9.52 Å². The van der Waals surface area contributed by atoms with Gasteiger partial charge in [-0.25, -0.2) is 14.4 Å². The Morgan fingerprint density at radius 2 is 2.16 bits per heavy atom. The Balaban J connectivity index is 2.06. The van der Waals surface area contributed by atoms with Crippen molar-refractivity contribution in [3.63, 3.8) is 0 Å². The Labute approximate surface area is 108 Å². The van der Waals surface area contributed by atoms with Crippen LogP contribution in [0.25, 0.3) is 11.0 Å². The van der Waals surface area contributed by atoms with Crippen molar-refractivity contribution < 1.29 is 13.9 Å². The second-order valence-electron chi connectivity index (χ2n) is 4.24. The van der Waals surface area contributed by atoms with Gasteiger partial charge in [-0.1, -0.05) is 12.1 Å². The minimum Gasteiger partial charge on any atom is -0.455 e. The summed E-state index contributed by atoms with van der Waals surface area (Å²) in [5, 5.41) is 10.8. The molecule has 0 radical (unpaired) electrons. The molecule has 19 heavy (non-hydrogen) atoms. The van der Waals surface area contributed by atoms with Crippen molar-refractivity contribution in [3.8, 4) is 0 Å². The highest BCUT2D eigenvalue weighted by atomic mass is 19.1. The molecule has 3 aromatic rings. The fraction of sp³-hybridized carbons (Fsp3) is 0.143. The SMILES string of the molecule is Cc1nccc(C(O)c2cc3cccc(F)c3o2)n1. The highest BCUT2D eigenvalue weighted by Gasteiger charge is 2.18. The quantitative estimate of drug-likeness (QED) is 0.767. The molecule has 0 aliphatic carbocycles. The summed E-state index contributed by atoms with van der Waals surface area (Å²) in [7, 11) is 0. The maximum atomic E-state index is 13.5. The number of aliphatic hydroxyl groups is 1. The maximum Gasteiger partial charge on any atom is 0.170 e. The molecule has 4 nitrogen and oxygen atoms in total.